The van der Waals surface area contributed by atoms with Gasteiger partial charge >= 0.3 is 0 Å². The third kappa shape index (κ3) is 4.28. The zero-order chi connectivity index (χ0) is 17.9. The number of hydrogen-bond donors (Lipinski definition) is 1. The standard InChI is InChI=1S/C17H18N2O4S2/c1-3-22-14-6-4-13(5-7-14)10-19-25(20,21)17-9-8-16(24-17)15-11-18-12(2)23-15/h4-9,11,19H,3,10H2,1-2H3. The van der Waals surface area contributed by atoms with Gasteiger partial charge in [-0.3, -0.25) is 0 Å². The van der Waals surface area contributed by atoms with E-state index in [1.807, 2.05) is 31.2 Å². The number of ether oxygens (including phenoxy) is 1. The van der Waals surface area contributed by atoms with E-state index < -0.39 is 10.0 Å². The Morgan fingerprint density at radius 2 is 1.96 bits per heavy atom. The quantitative estimate of drug-likeness (QED) is 0.679. The number of oxazole rings is 1. The van der Waals surface area contributed by atoms with Crippen molar-refractivity contribution >= 4 is 21.4 Å². The van der Waals surface area contributed by atoms with Gasteiger partial charge in [-0.1, -0.05) is 12.1 Å². The van der Waals surface area contributed by atoms with Crippen LogP contribution in [0.5, 0.6) is 5.75 Å². The number of thiophene rings is 1. The summed E-state index contributed by atoms with van der Waals surface area (Å²) in [7, 11) is -3.58. The number of benzene rings is 1. The van der Waals surface area contributed by atoms with Crippen LogP contribution in [0.25, 0.3) is 10.6 Å². The van der Waals surface area contributed by atoms with Crippen LogP contribution in [-0.4, -0.2) is 20.0 Å². The van der Waals surface area contributed by atoms with Crippen LogP contribution in [0.15, 0.2) is 51.2 Å². The van der Waals surface area contributed by atoms with Gasteiger partial charge in [0.1, 0.15) is 9.96 Å². The van der Waals surface area contributed by atoms with E-state index in [-0.39, 0.29) is 10.8 Å². The Bertz CT molecular complexity index is 943. The smallest absolute Gasteiger partial charge is 0.250 e. The zero-order valence-corrected chi connectivity index (χ0v) is 15.5. The molecule has 0 spiro atoms. The van der Waals surface area contributed by atoms with E-state index in [4.69, 9.17) is 9.15 Å². The molecule has 0 saturated carbocycles. The van der Waals surface area contributed by atoms with Gasteiger partial charge in [-0.25, -0.2) is 18.1 Å². The van der Waals surface area contributed by atoms with Crippen molar-refractivity contribution < 1.29 is 17.6 Å². The van der Waals surface area contributed by atoms with Gasteiger partial charge in [0.25, 0.3) is 0 Å². The van der Waals surface area contributed by atoms with E-state index in [0.717, 1.165) is 27.5 Å². The van der Waals surface area contributed by atoms with Gasteiger partial charge in [0.2, 0.25) is 10.0 Å². The second-order valence-corrected chi connectivity index (χ2v) is 8.34. The minimum absolute atomic E-state index is 0.212. The number of hydrogen-bond acceptors (Lipinski definition) is 6. The number of aromatic nitrogens is 1. The first-order chi connectivity index (χ1) is 12.0. The Balaban J connectivity index is 1.68. The van der Waals surface area contributed by atoms with E-state index in [9.17, 15) is 8.42 Å². The van der Waals surface area contributed by atoms with E-state index in [1.165, 1.54) is 0 Å². The lowest BCUT2D eigenvalue weighted by Crippen LogP contribution is -2.22. The third-order valence-corrected chi connectivity index (χ3v) is 6.40. The molecule has 0 saturated heterocycles. The van der Waals surface area contributed by atoms with Crippen LogP contribution in [0, 0.1) is 6.92 Å². The number of sulfonamides is 1. The molecule has 0 aliphatic heterocycles. The van der Waals surface area contributed by atoms with Crippen molar-refractivity contribution in [2.45, 2.75) is 24.6 Å². The zero-order valence-electron chi connectivity index (χ0n) is 13.9. The second-order valence-electron chi connectivity index (χ2n) is 5.26. The van der Waals surface area contributed by atoms with Gasteiger partial charge in [0, 0.05) is 13.5 Å². The summed E-state index contributed by atoms with van der Waals surface area (Å²) >= 11 is 1.15. The van der Waals surface area contributed by atoms with E-state index in [1.54, 1.807) is 25.3 Å². The fraction of sp³-hybridized carbons (Fsp3) is 0.235. The van der Waals surface area contributed by atoms with Crippen LogP contribution in [-0.2, 0) is 16.6 Å². The summed E-state index contributed by atoms with van der Waals surface area (Å²) in [5, 5.41) is 0. The molecule has 3 aromatic rings. The van der Waals surface area contributed by atoms with Crippen LogP contribution in [0.4, 0.5) is 0 Å². The number of nitrogens with one attached hydrogen (secondary N) is 1. The summed E-state index contributed by atoms with van der Waals surface area (Å²) in [6.07, 6.45) is 1.59. The molecule has 8 heteroatoms. The molecule has 3 rings (SSSR count). The summed E-state index contributed by atoms with van der Waals surface area (Å²) in [5.74, 6) is 1.87. The van der Waals surface area contributed by atoms with Crippen molar-refractivity contribution in [1.82, 2.24) is 9.71 Å². The van der Waals surface area contributed by atoms with Crippen LogP contribution in [0.1, 0.15) is 18.4 Å². The molecule has 0 amide bonds. The third-order valence-electron chi connectivity index (χ3n) is 3.41. The van der Waals surface area contributed by atoms with E-state index in [0.29, 0.717) is 18.3 Å². The SMILES string of the molecule is CCOc1ccc(CNS(=O)(=O)c2ccc(-c3cnc(C)o3)s2)cc1. The van der Waals surface area contributed by atoms with Gasteiger partial charge < -0.3 is 9.15 Å². The van der Waals surface area contributed by atoms with Crippen molar-refractivity contribution in [2.24, 2.45) is 0 Å². The normalized spacial score (nSPS) is 11.6. The number of nitrogens with zero attached hydrogens (tertiary/aromatic N) is 1. The second kappa shape index (κ2) is 7.38. The average Bonchev–Trinajstić information content (AvgIpc) is 3.24. The molecule has 25 heavy (non-hydrogen) atoms. The molecule has 0 atom stereocenters. The number of aryl methyl sites for hydroxylation is 1. The molecule has 0 unspecified atom stereocenters. The average molecular weight is 378 g/mol. The monoisotopic (exact) mass is 378 g/mol. The van der Waals surface area contributed by atoms with Gasteiger partial charge in [-0.2, -0.15) is 0 Å². The Hall–Kier alpha value is -2.16. The minimum Gasteiger partial charge on any atom is -0.494 e. The van der Waals surface area contributed by atoms with Crippen LogP contribution >= 0.6 is 11.3 Å². The van der Waals surface area contributed by atoms with Crippen molar-refractivity contribution in [3.63, 3.8) is 0 Å². The highest BCUT2D eigenvalue weighted by molar-refractivity contribution is 7.91. The Morgan fingerprint density at radius 3 is 2.60 bits per heavy atom. The van der Waals surface area contributed by atoms with E-state index in [2.05, 4.69) is 9.71 Å². The lowest BCUT2D eigenvalue weighted by molar-refractivity contribution is 0.340. The minimum atomic E-state index is -3.58. The molecule has 132 valence electrons. The maximum absolute atomic E-state index is 12.5. The Kier molecular flexibility index (Phi) is 5.22. The highest BCUT2D eigenvalue weighted by Crippen LogP contribution is 2.31. The molecule has 1 aromatic carbocycles. The molecule has 2 aromatic heterocycles. The van der Waals surface area contributed by atoms with E-state index >= 15 is 0 Å². The predicted molar refractivity (Wildman–Crippen MR) is 96.2 cm³/mol. The summed E-state index contributed by atoms with van der Waals surface area (Å²) < 4.78 is 38.6. The summed E-state index contributed by atoms with van der Waals surface area (Å²) in [6, 6.07) is 10.6. The van der Waals surface area contributed by atoms with Crippen molar-refractivity contribution in [2.75, 3.05) is 6.61 Å². The molecule has 0 bridgehead atoms. The molecule has 1 N–H and O–H groups in total. The largest absolute Gasteiger partial charge is 0.494 e. The molecule has 2 heterocycles. The molecular formula is C17H18N2O4S2. The van der Waals surface area contributed by atoms with Crippen LogP contribution < -0.4 is 9.46 Å². The van der Waals surface area contributed by atoms with Gasteiger partial charge in [-0.15, -0.1) is 11.3 Å². The lowest BCUT2D eigenvalue weighted by Gasteiger charge is -2.06. The van der Waals surface area contributed by atoms with Gasteiger partial charge in [-0.05, 0) is 36.8 Å². The first-order valence-corrected chi connectivity index (χ1v) is 10.0. The topological polar surface area (TPSA) is 81.4 Å². The van der Waals surface area contributed by atoms with Crippen LogP contribution in [0.2, 0.25) is 0 Å². The first-order valence-electron chi connectivity index (χ1n) is 7.72. The predicted octanol–water partition coefficient (Wildman–Crippen LogP) is 3.59. The summed E-state index contributed by atoms with van der Waals surface area (Å²) in [5.41, 5.74) is 0.856. The fourth-order valence-electron chi connectivity index (χ4n) is 2.19. The maximum atomic E-state index is 12.5. The van der Waals surface area contributed by atoms with Gasteiger partial charge in [0.05, 0.1) is 17.7 Å². The van der Waals surface area contributed by atoms with Crippen molar-refractivity contribution in [3.8, 4) is 16.4 Å². The highest BCUT2D eigenvalue weighted by Gasteiger charge is 2.18. The molecule has 0 aliphatic carbocycles. The lowest BCUT2D eigenvalue weighted by atomic mass is 10.2. The van der Waals surface area contributed by atoms with Gasteiger partial charge in [0.15, 0.2) is 11.7 Å². The Labute approximate surface area is 150 Å². The molecule has 0 fully saturated rings. The molecule has 6 nitrogen and oxygen atoms in total. The first kappa shape index (κ1) is 17.7. The van der Waals surface area contributed by atoms with Crippen molar-refractivity contribution in [3.05, 3.63) is 54.0 Å². The highest BCUT2D eigenvalue weighted by atomic mass is 32.2. The Morgan fingerprint density at radius 1 is 1.20 bits per heavy atom. The molecule has 0 radical (unpaired) electrons. The summed E-state index contributed by atoms with van der Waals surface area (Å²) in [4.78, 5) is 4.75. The number of rotatable bonds is 7. The fourth-order valence-corrected chi connectivity index (χ4v) is 4.51. The molecule has 0 aliphatic rings. The maximum Gasteiger partial charge on any atom is 0.250 e. The molecular weight excluding hydrogens is 360 g/mol. The van der Waals surface area contributed by atoms with Crippen molar-refractivity contribution in [1.29, 1.82) is 0 Å². The van der Waals surface area contributed by atoms with Crippen LogP contribution in [0.3, 0.4) is 0 Å². The summed E-state index contributed by atoms with van der Waals surface area (Å²) in [6.45, 7) is 4.46.